The molecule has 3 aromatic rings. The lowest BCUT2D eigenvalue weighted by Crippen LogP contribution is -2.41. The van der Waals surface area contributed by atoms with Gasteiger partial charge in [-0.1, -0.05) is 6.07 Å². The van der Waals surface area contributed by atoms with Crippen LogP contribution in [0.1, 0.15) is 18.1 Å². The maximum atomic E-state index is 5.71. The van der Waals surface area contributed by atoms with E-state index >= 15 is 0 Å². The molecule has 162 valence electrons. The number of pyridine rings is 1. The molecule has 1 atom stereocenters. The van der Waals surface area contributed by atoms with Crippen molar-refractivity contribution in [3.8, 4) is 22.8 Å². The van der Waals surface area contributed by atoms with E-state index < -0.39 is 0 Å². The highest BCUT2D eigenvalue weighted by Gasteiger charge is 2.18. The van der Waals surface area contributed by atoms with Gasteiger partial charge in [-0.2, -0.15) is 5.10 Å². The van der Waals surface area contributed by atoms with E-state index in [1.54, 1.807) is 0 Å². The van der Waals surface area contributed by atoms with E-state index in [-0.39, 0.29) is 6.10 Å². The zero-order valence-corrected chi connectivity index (χ0v) is 17.6. The molecule has 1 aromatic carbocycles. The molecule has 0 aliphatic carbocycles. The molecule has 31 heavy (non-hydrogen) atoms. The monoisotopic (exact) mass is 421 g/mol. The number of fused-ring (bicyclic) bond motifs is 1. The number of benzene rings is 1. The van der Waals surface area contributed by atoms with Crippen LogP contribution in [-0.2, 0) is 17.8 Å². The Kier molecular flexibility index (Phi) is 5.73. The van der Waals surface area contributed by atoms with Crippen LogP contribution in [0, 0.1) is 0 Å². The molecule has 0 saturated carbocycles. The largest absolute Gasteiger partial charge is 0.486 e. The van der Waals surface area contributed by atoms with E-state index in [9.17, 15) is 0 Å². The first-order chi connectivity index (χ1) is 15.3. The fourth-order valence-electron chi connectivity index (χ4n) is 3.97. The summed E-state index contributed by atoms with van der Waals surface area (Å²) < 4.78 is 16.9. The van der Waals surface area contributed by atoms with Gasteiger partial charge in [0.15, 0.2) is 11.5 Å². The van der Waals surface area contributed by atoms with Gasteiger partial charge in [-0.3, -0.25) is 5.10 Å². The second kappa shape index (κ2) is 8.95. The first-order valence-electron chi connectivity index (χ1n) is 10.7. The van der Waals surface area contributed by atoms with Crippen LogP contribution in [0.3, 0.4) is 0 Å². The minimum absolute atomic E-state index is 0.246. The van der Waals surface area contributed by atoms with Gasteiger partial charge in [-0.25, -0.2) is 4.98 Å². The first-order valence-corrected chi connectivity index (χ1v) is 10.7. The summed E-state index contributed by atoms with van der Waals surface area (Å²) in [6.07, 6.45) is 4.05. The van der Waals surface area contributed by atoms with Crippen molar-refractivity contribution in [2.75, 3.05) is 37.8 Å². The fourth-order valence-corrected chi connectivity index (χ4v) is 3.97. The molecule has 0 bridgehead atoms. The SMILES string of the molecule is C[C@H]1CN(c2ccc(CNCc3cn[nH]c3-c3ccc4c(c3)OCCO4)cn2)CCO1. The van der Waals surface area contributed by atoms with Crippen molar-refractivity contribution in [1.82, 2.24) is 20.5 Å². The average Bonchev–Trinajstić information content (AvgIpc) is 3.28. The molecular formula is C23H27N5O3. The standard InChI is InChI=1S/C23H27N5O3/c1-16-15-28(6-7-29-16)22-5-2-17(12-25-22)11-24-13-19-14-26-27-23(19)18-3-4-20-21(10-18)31-9-8-30-20/h2-5,10,12,14,16,24H,6-9,11,13,15H2,1H3,(H,26,27)/t16-/m0/s1. The molecule has 0 radical (unpaired) electrons. The molecule has 0 unspecified atom stereocenters. The van der Waals surface area contributed by atoms with Crippen molar-refractivity contribution in [2.24, 2.45) is 0 Å². The summed E-state index contributed by atoms with van der Waals surface area (Å²) in [6, 6.07) is 10.2. The molecular weight excluding hydrogens is 394 g/mol. The van der Waals surface area contributed by atoms with Gasteiger partial charge in [-0.15, -0.1) is 0 Å². The Morgan fingerprint density at radius 1 is 1.06 bits per heavy atom. The molecule has 0 spiro atoms. The van der Waals surface area contributed by atoms with Crippen LogP contribution in [0.15, 0.2) is 42.7 Å². The summed E-state index contributed by atoms with van der Waals surface area (Å²) in [5, 5.41) is 10.8. The molecule has 2 aliphatic rings. The molecule has 4 heterocycles. The summed E-state index contributed by atoms with van der Waals surface area (Å²) in [5.74, 6) is 2.57. The van der Waals surface area contributed by atoms with E-state index in [2.05, 4.69) is 44.5 Å². The molecule has 5 rings (SSSR count). The van der Waals surface area contributed by atoms with Crippen LogP contribution in [-0.4, -0.2) is 54.2 Å². The normalized spacial score (nSPS) is 18.2. The van der Waals surface area contributed by atoms with Gasteiger partial charge in [0.25, 0.3) is 0 Å². The molecule has 1 saturated heterocycles. The van der Waals surface area contributed by atoms with E-state index in [0.29, 0.717) is 19.8 Å². The van der Waals surface area contributed by atoms with Crippen molar-refractivity contribution in [3.05, 3.63) is 53.9 Å². The van der Waals surface area contributed by atoms with Crippen molar-refractivity contribution in [1.29, 1.82) is 0 Å². The van der Waals surface area contributed by atoms with E-state index in [1.165, 1.54) is 0 Å². The van der Waals surface area contributed by atoms with Gasteiger partial charge in [-0.05, 0) is 36.8 Å². The number of nitrogens with one attached hydrogen (secondary N) is 2. The van der Waals surface area contributed by atoms with Crippen molar-refractivity contribution in [3.63, 3.8) is 0 Å². The van der Waals surface area contributed by atoms with Gasteiger partial charge in [0.1, 0.15) is 19.0 Å². The number of aromatic nitrogens is 3. The minimum Gasteiger partial charge on any atom is -0.486 e. The zero-order valence-electron chi connectivity index (χ0n) is 17.6. The number of H-pyrrole nitrogens is 1. The first kappa shape index (κ1) is 19.8. The zero-order chi connectivity index (χ0) is 21.0. The number of hydrogen-bond acceptors (Lipinski definition) is 7. The predicted octanol–water partition coefficient (Wildman–Crippen LogP) is 2.76. The maximum Gasteiger partial charge on any atom is 0.162 e. The smallest absolute Gasteiger partial charge is 0.162 e. The average molecular weight is 422 g/mol. The maximum absolute atomic E-state index is 5.71. The predicted molar refractivity (Wildman–Crippen MR) is 117 cm³/mol. The van der Waals surface area contributed by atoms with Gasteiger partial charge in [0, 0.05) is 43.5 Å². The van der Waals surface area contributed by atoms with Crippen LogP contribution in [0.2, 0.25) is 0 Å². The highest BCUT2D eigenvalue weighted by Crippen LogP contribution is 2.34. The lowest BCUT2D eigenvalue weighted by Gasteiger charge is -2.32. The molecule has 0 amide bonds. The molecule has 2 N–H and O–H groups in total. The van der Waals surface area contributed by atoms with Gasteiger partial charge >= 0.3 is 0 Å². The van der Waals surface area contributed by atoms with E-state index in [0.717, 1.165) is 65.9 Å². The third-order valence-corrected chi connectivity index (χ3v) is 5.57. The molecule has 8 nitrogen and oxygen atoms in total. The second-order valence-corrected chi connectivity index (χ2v) is 7.88. The Morgan fingerprint density at radius 2 is 1.97 bits per heavy atom. The highest BCUT2D eigenvalue weighted by atomic mass is 16.6. The lowest BCUT2D eigenvalue weighted by atomic mass is 10.1. The Bertz CT molecular complexity index is 1020. The van der Waals surface area contributed by atoms with Crippen LogP contribution >= 0.6 is 0 Å². The molecule has 2 aliphatic heterocycles. The van der Waals surface area contributed by atoms with Gasteiger partial charge in [0.2, 0.25) is 0 Å². The Morgan fingerprint density at radius 3 is 2.81 bits per heavy atom. The number of rotatable bonds is 6. The number of morpholine rings is 1. The van der Waals surface area contributed by atoms with Gasteiger partial charge < -0.3 is 24.4 Å². The third-order valence-electron chi connectivity index (χ3n) is 5.57. The molecule has 8 heteroatoms. The van der Waals surface area contributed by atoms with Crippen molar-refractivity contribution in [2.45, 2.75) is 26.1 Å². The summed E-state index contributed by atoms with van der Waals surface area (Å²) >= 11 is 0. The summed E-state index contributed by atoms with van der Waals surface area (Å²) in [6.45, 7) is 7.22. The topological polar surface area (TPSA) is 84.5 Å². The molecule has 1 fully saturated rings. The summed E-state index contributed by atoms with van der Waals surface area (Å²) in [4.78, 5) is 6.92. The third kappa shape index (κ3) is 4.50. The summed E-state index contributed by atoms with van der Waals surface area (Å²) in [5.41, 5.74) is 4.27. The Balaban J connectivity index is 1.19. The van der Waals surface area contributed by atoms with Crippen LogP contribution < -0.4 is 19.7 Å². The van der Waals surface area contributed by atoms with Gasteiger partial charge in [0.05, 0.1) is 24.6 Å². The summed E-state index contributed by atoms with van der Waals surface area (Å²) in [7, 11) is 0. The van der Waals surface area contributed by atoms with Crippen molar-refractivity contribution >= 4 is 5.82 Å². The van der Waals surface area contributed by atoms with Crippen molar-refractivity contribution < 1.29 is 14.2 Å². The number of aromatic amines is 1. The molecule has 2 aromatic heterocycles. The number of anilines is 1. The van der Waals surface area contributed by atoms with Crippen LogP contribution in [0.5, 0.6) is 11.5 Å². The number of hydrogen-bond donors (Lipinski definition) is 2. The highest BCUT2D eigenvalue weighted by molar-refractivity contribution is 5.66. The fraction of sp³-hybridized carbons (Fsp3) is 0.391. The Hall–Kier alpha value is -3.10. The number of ether oxygens (including phenoxy) is 3. The second-order valence-electron chi connectivity index (χ2n) is 7.88. The quantitative estimate of drug-likeness (QED) is 0.633. The van der Waals surface area contributed by atoms with E-state index in [1.807, 2.05) is 30.6 Å². The number of nitrogens with zero attached hydrogens (tertiary/aromatic N) is 3. The minimum atomic E-state index is 0.246. The van der Waals surface area contributed by atoms with Crippen LogP contribution in [0.4, 0.5) is 5.82 Å². The Labute approximate surface area is 181 Å². The van der Waals surface area contributed by atoms with Crippen LogP contribution in [0.25, 0.3) is 11.3 Å². The lowest BCUT2D eigenvalue weighted by molar-refractivity contribution is 0.0529. The van der Waals surface area contributed by atoms with E-state index in [4.69, 9.17) is 14.2 Å².